The van der Waals surface area contributed by atoms with Crippen LogP contribution in [0.25, 0.3) is 0 Å². The number of carbonyl (C=O) groups is 2. The zero-order valence-corrected chi connectivity index (χ0v) is 13.5. The zero-order chi connectivity index (χ0) is 15.5. The molecule has 0 aromatic carbocycles. The molecule has 2 amide bonds. The number of piperidine rings is 1. The minimum atomic E-state index is 0.0591. The van der Waals surface area contributed by atoms with Gasteiger partial charge in [-0.05, 0) is 38.8 Å². The molecule has 6 nitrogen and oxygen atoms in total. The summed E-state index contributed by atoms with van der Waals surface area (Å²) in [5.74, 6) is 0.324. The van der Waals surface area contributed by atoms with E-state index in [9.17, 15) is 9.59 Å². The number of carbonyl (C=O) groups excluding carboxylic acids is 2. The first-order chi connectivity index (χ1) is 10.7. The Labute approximate surface area is 132 Å². The fourth-order valence-corrected chi connectivity index (χ4v) is 4.21. The molecule has 0 aromatic heterocycles. The smallest absolute Gasteiger partial charge is 0.248 e. The van der Waals surface area contributed by atoms with Crippen molar-refractivity contribution in [2.24, 2.45) is 0 Å². The summed E-state index contributed by atoms with van der Waals surface area (Å²) in [6, 6.07) is 0.406. The number of hydrogen-bond donors (Lipinski definition) is 0. The van der Waals surface area contributed by atoms with E-state index in [0.29, 0.717) is 6.42 Å². The maximum Gasteiger partial charge on any atom is 0.248 e. The van der Waals surface area contributed by atoms with Gasteiger partial charge in [-0.2, -0.15) is 0 Å². The van der Waals surface area contributed by atoms with Gasteiger partial charge in [0.05, 0.1) is 12.1 Å². The largest absolute Gasteiger partial charge is 0.375 e. The van der Waals surface area contributed by atoms with Gasteiger partial charge < -0.3 is 19.4 Å². The van der Waals surface area contributed by atoms with E-state index < -0.39 is 0 Å². The van der Waals surface area contributed by atoms with Gasteiger partial charge in [0.2, 0.25) is 11.8 Å². The highest BCUT2D eigenvalue weighted by Gasteiger charge is 2.44. The first-order valence-electron chi connectivity index (χ1n) is 8.51. The summed E-state index contributed by atoms with van der Waals surface area (Å²) in [5.41, 5.74) is 0. The molecule has 3 saturated heterocycles. The highest BCUT2D eigenvalue weighted by atomic mass is 16.5. The van der Waals surface area contributed by atoms with Crippen LogP contribution in [0.5, 0.6) is 0 Å². The number of methoxy groups -OCH3 is 1. The maximum atomic E-state index is 12.3. The van der Waals surface area contributed by atoms with E-state index in [-0.39, 0.29) is 30.5 Å². The van der Waals surface area contributed by atoms with Crippen LogP contribution in [-0.2, 0) is 14.3 Å². The summed E-state index contributed by atoms with van der Waals surface area (Å²) in [5, 5.41) is 0. The van der Waals surface area contributed by atoms with E-state index >= 15 is 0 Å². The summed E-state index contributed by atoms with van der Waals surface area (Å²) in [7, 11) is 1.55. The van der Waals surface area contributed by atoms with Crippen LogP contribution in [0, 0.1) is 0 Å². The van der Waals surface area contributed by atoms with Crippen LogP contribution in [0.4, 0.5) is 0 Å². The predicted octanol–water partition coefficient (Wildman–Crippen LogP) is 0.321. The Balaban J connectivity index is 1.61. The second-order valence-corrected chi connectivity index (χ2v) is 6.62. The molecule has 0 radical (unpaired) electrons. The van der Waals surface area contributed by atoms with E-state index in [4.69, 9.17) is 4.74 Å². The van der Waals surface area contributed by atoms with Crippen molar-refractivity contribution in [3.8, 4) is 0 Å². The molecule has 22 heavy (non-hydrogen) atoms. The lowest BCUT2D eigenvalue weighted by molar-refractivity contribution is -0.143. The van der Waals surface area contributed by atoms with Gasteiger partial charge >= 0.3 is 0 Å². The van der Waals surface area contributed by atoms with Gasteiger partial charge in [0.1, 0.15) is 6.61 Å². The fraction of sp³-hybridized carbons (Fsp3) is 0.875. The second kappa shape index (κ2) is 6.96. The van der Waals surface area contributed by atoms with E-state index in [1.807, 2.05) is 9.80 Å². The minimum absolute atomic E-state index is 0.0591. The molecule has 2 atom stereocenters. The van der Waals surface area contributed by atoms with Gasteiger partial charge in [-0.25, -0.2) is 0 Å². The van der Waals surface area contributed by atoms with Crippen LogP contribution in [0.1, 0.15) is 32.1 Å². The van der Waals surface area contributed by atoms with Crippen LogP contribution >= 0.6 is 0 Å². The molecule has 124 valence electrons. The molecule has 3 aliphatic heterocycles. The second-order valence-electron chi connectivity index (χ2n) is 6.62. The van der Waals surface area contributed by atoms with Crippen LogP contribution in [0.15, 0.2) is 0 Å². The molecule has 0 aliphatic carbocycles. The lowest BCUT2D eigenvalue weighted by atomic mass is 9.96. The summed E-state index contributed by atoms with van der Waals surface area (Å²) in [6.07, 6.45) is 4.83. The average Bonchev–Trinajstić information content (AvgIpc) is 3.15. The van der Waals surface area contributed by atoms with Gasteiger partial charge in [-0.15, -0.1) is 0 Å². The van der Waals surface area contributed by atoms with Crippen molar-refractivity contribution in [3.63, 3.8) is 0 Å². The standard InChI is InChI=1S/C16H27N3O3/c1-22-12-16(21)18-9-6-14-13(18)4-5-15(20)19(14)11-10-17-7-2-3-8-17/h13-14H,2-12H2,1H3/t13-,14-/m0/s1. The SMILES string of the molecule is COCC(=O)N1CC[C@H]2[C@@H]1CCC(=O)N2CCN1CCCC1. The molecule has 3 rings (SSSR count). The Hall–Kier alpha value is -1.14. The molecule has 3 aliphatic rings. The monoisotopic (exact) mass is 309 g/mol. The zero-order valence-electron chi connectivity index (χ0n) is 13.5. The Bertz CT molecular complexity index is 423. The van der Waals surface area contributed by atoms with Crippen LogP contribution < -0.4 is 0 Å². The Morgan fingerprint density at radius 3 is 2.64 bits per heavy atom. The molecule has 0 spiro atoms. The molecular weight excluding hydrogens is 282 g/mol. The summed E-state index contributed by atoms with van der Waals surface area (Å²) in [4.78, 5) is 30.9. The molecular formula is C16H27N3O3. The third-order valence-corrected chi connectivity index (χ3v) is 5.33. The summed E-state index contributed by atoms with van der Waals surface area (Å²) >= 11 is 0. The highest BCUT2D eigenvalue weighted by molar-refractivity contribution is 5.81. The van der Waals surface area contributed by atoms with Gasteiger partial charge in [-0.3, -0.25) is 9.59 Å². The normalized spacial score (nSPS) is 29.2. The molecule has 6 heteroatoms. The number of nitrogens with zero attached hydrogens (tertiary/aromatic N) is 3. The first kappa shape index (κ1) is 15.7. The molecule has 0 saturated carbocycles. The van der Waals surface area contributed by atoms with E-state index in [0.717, 1.165) is 45.6 Å². The fourth-order valence-electron chi connectivity index (χ4n) is 4.21. The molecule has 0 bridgehead atoms. The quantitative estimate of drug-likeness (QED) is 0.734. The summed E-state index contributed by atoms with van der Waals surface area (Å²) in [6.45, 7) is 5.01. The van der Waals surface area contributed by atoms with Gasteiger partial charge in [0.15, 0.2) is 0 Å². The van der Waals surface area contributed by atoms with E-state index in [2.05, 4.69) is 4.90 Å². The van der Waals surface area contributed by atoms with Crippen molar-refractivity contribution in [3.05, 3.63) is 0 Å². The first-order valence-corrected chi connectivity index (χ1v) is 8.51. The lowest BCUT2D eigenvalue weighted by Gasteiger charge is -2.40. The van der Waals surface area contributed by atoms with Crippen molar-refractivity contribution in [2.45, 2.75) is 44.2 Å². The third-order valence-electron chi connectivity index (χ3n) is 5.33. The maximum absolute atomic E-state index is 12.3. The number of ether oxygens (including phenoxy) is 1. The van der Waals surface area contributed by atoms with Crippen molar-refractivity contribution >= 4 is 11.8 Å². The average molecular weight is 309 g/mol. The highest BCUT2D eigenvalue weighted by Crippen LogP contribution is 2.31. The molecule has 0 aromatic rings. The number of hydrogen-bond acceptors (Lipinski definition) is 4. The minimum Gasteiger partial charge on any atom is -0.375 e. The molecule has 0 unspecified atom stereocenters. The van der Waals surface area contributed by atoms with Gasteiger partial charge in [0, 0.05) is 33.2 Å². The number of fused-ring (bicyclic) bond motifs is 1. The van der Waals surface area contributed by atoms with Crippen molar-refractivity contribution in [2.75, 3.05) is 46.4 Å². The topological polar surface area (TPSA) is 53.1 Å². The third kappa shape index (κ3) is 3.13. The number of likely N-dealkylation sites (tertiary alicyclic amines) is 3. The molecule has 3 heterocycles. The molecule has 0 N–H and O–H groups in total. The predicted molar refractivity (Wildman–Crippen MR) is 82.4 cm³/mol. The van der Waals surface area contributed by atoms with Crippen molar-refractivity contribution in [1.29, 1.82) is 0 Å². The van der Waals surface area contributed by atoms with E-state index in [1.54, 1.807) is 7.11 Å². The van der Waals surface area contributed by atoms with Gasteiger partial charge in [-0.1, -0.05) is 0 Å². The molecule has 3 fully saturated rings. The Morgan fingerprint density at radius 2 is 1.91 bits per heavy atom. The van der Waals surface area contributed by atoms with Crippen LogP contribution in [0.3, 0.4) is 0 Å². The van der Waals surface area contributed by atoms with E-state index in [1.165, 1.54) is 12.8 Å². The van der Waals surface area contributed by atoms with Crippen molar-refractivity contribution < 1.29 is 14.3 Å². The Kier molecular flexibility index (Phi) is 4.98. The van der Waals surface area contributed by atoms with Gasteiger partial charge in [0.25, 0.3) is 0 Å². The van der Waals surface area contributed by atoms with Crippen molar-refractivity contribution in [1.82, 2.24) is 14.7 Å². The number of amides is 2. The number of rotatable bonds is 5. The van der Waals surface area contributed by atoms with Crippen LogP contribution in [-0.4, -0.2) is 85.0 Å². The summed E-state index contributed by atoms with van der Waals surface area (Å²) < 4.78 is 4.98. The lowest BCUT2D eigenvalue weighted by Crippen LogP contribution is -2.55. The Morgan fingerprint density at radius 1 is 1.14 bits per heavy atom. The van der Waals surface area contributed by atoms with Crippen LogP contribution in [0.2, 0.25) is 0 Å².